The molecule has 0 saturated heterocycles. The Labute approximate surface area is 111 Å². The lowest BCUT2D eigenvalue weighted by Gasteiger charge is -2.03. The topological polar surface area (TPSA) is 81.2 Å². The smallest absolute Gasteiger partial charge is 0.277 e. The summed E-state index contributed by atoms with van der Waals surface area (Å²) in [5, 5.41) is 2.77. The number of hydrogen-bond donors (Lipinski definition) is 2. The first-order valence-corrected chi connectivity index (χ1v) is 6.27. The summed E-state index contributed by atoms with van der Waals surface area (Å²) in [6.45, 7) is 2.53. The molecule has 0 aliphatic rings. The minimum Gasteiger partial charge on any atom is -0.448 e. The number of anilines is 1. The van der Waals surface area contributed by atoms with Crippen molar-refractivity contribution < 1.29 is 9.21 Å². The Morgan fingerprint density at radius 3 is 2.74 bits per heavy atom. The van der Waals surface area contributed by atoms with Crippen LogP contribution in [0.1, 0.15) is 28.9 Å². The van der Waals surface area contributed by atoms with Gasteiger partial charge in [0.05, 0.1) is 0 Å². The van der Waals surface area contributed by atoms with Crippen molar-refractivity contribution in [1.29, 1.82) is 0 Å². The summed E-state index contributed by atoms with van der Waals surface area (Å²) in [5.74, 6) is 0.199. The number of rotatable bonds is 5. The second-order valence-electron chi connectivity index (χ2n) is 4.17. The molecular formula is C14H17N3O2. The van der Waals surface area contributed by atoms with E-state index in [2.05, 4.69) is 17.2 Å². The highest BCUT2D eigenvalue weighted by Gasteiger charge is 2.11. The molecule has 0 bridgehead atoms. The van der Waals surface area contributed by atoms with Crippen LogP contribution < -0.4 is 11.1 Å². The molecule has 19 heavy (non-hydrogen) atoms. The zero-order valence-corrected chi connectivity index (χ0v) is 10.8. The Morgan fingerprint density at radius 2 is 2.11 bits per heavy atom. The zero-order chi connectivity index (χ0) is 13.7. The Balaban J connectivity index is 2.02. The molecule has 5 nitrogen and oxygen atoms in total. The third kappa shape index (κ3) is 3.42. The number of nitrogens with one attached hydrogen (secondary N) is 1. The van der Waals surface area contributed by atoms with Crippen LogP contribution in [0.3, 0.4) is 0 Å². The molecule has 0 radical (unpaired) electrons. The Kier molecular flexibility index (Phi) is 4.30. The molecular weight excluding hydrogens is 242 g/mol. The van der Waals surface area contributed by atoms with Gasteiger partial charge in [0.2, 0.25) is 0 Å². The Hall–Kier alpha value is -2.14. The van der Waals surface area contributed by atoms with Crippen LogP contribution in [0.4, 0.5) is 5.69 Å². The third-order valence-electron chi connectivity index (χ3n) is 2.76. The van der Waals surface area contributed by atoms with Gasteiger partial charge in [0.25, 0.3) is 5.91 Å². The minimum absolute atomic E-state index is 0.267. The minimum atomic E-state index is -0.281. The quantitative estimate of drug-likeness (QED) is 0.860. The lowest BCUT2D eigenvalue weighted by atomic mass is 10.1. The first kappa shape index (κ1) is 13.3. The van der Waals surface area contributed by atoms with E-state index in [4.69, 9.17) is 10.2 Å². The van der Waals surface area contributed by atoms with Crippen LogP contribution in [-0.4, -0.2) is 17.4 Å². The van der Waals surface area contributed by atoms with E-state index in [1.54, 1.807) is 0 Å². The predicted octanol–water partition coefficient (Wildman–Crippen LogP) is 1.99. The molecule has 1 aromatic carbocycles. The van der Waals surface area contributed by atoms with Gasteiger partial charge in [0.15, 0.2) is 11.6 Å². The van der Waals surface area contributed by atoms with Gasteiger partial charge in [-0.3, -0.25) is 4.79 Å². The summed E-state index contributed by atoms with van der Waals surface area (Å²) in [6, 6.07) is 7.71. The molecule has 1 heterocycles. The highest BCUT2D eigenvalue weighted by Crippen LogP contribution is 2.12. The van der Waals surface area contributed by atoms with E-state index >= 15 is 0 Å². The number of carbonyl (C=O) groups excluding carboxylic acids is 1. The van der Waals surface area contributed by atoms with Gasteiger partial charge >= 0.3 is 0 Å². The first-order chi connectivity index (χ1) is 9.22. The lowest BCUT2D eigenvalue weighted by Crippen LogP contribution is -2.12. The van der Waals surface area contributed by atoms with Gasteiger partial charge in [-0.15, -0.1) is 0 Å². The summed E-state index contributed by atoms with van der Waals surface area (Å²) in [4.78, 5) is 16.0. The van der Waals surface area contributed by atoms with Crippen molar-refractivity contribution in [3.63, 3.8) is 0 Å². The maximum atomic E-state index is 11.9. The van der Waals surface area contributed by atoms with E-state index < -0.39 is 0 Å². The van der Waals surface area contributed by atoms with Crippen LogP contribution in [0.15, 0.2) is 34.9 Å². The number of aromatic nitrogens is 1. The van der Waals surface area contributed by atoms with Crippen molar-refractivity contribution in [3.8, 4) is 0 Å². The number of amides is 1. The fraction of sp³-hybridized carbons (Fsp3) is 0.286. The lowest BCUT2D eigenvalue weighted by molar-refractivity contribution is 0.102. The van der Waals surface area contributed by atoms with Crippen molar-refractivity contribution in [3.05, 3.63) is 47.7 Å². The van der Waals surface area contributed by atoms with Crippen molar-refractivity contribution in [2.75, 3.05) is 11.9 Å². The summed E-state index contributed by atoms with van der Waals surface area (Å²) in [7, 11) is 0. The first-order valence-electron chi connectivity index (χ1n) is 6.27. The number of nitrogens with zero attached hydrogens (tertiary/aromatic N) is 1. The van der Waals surface area contributed by atoms with E-state index in [1.165, 1.54) is 11.8 Å². The Bertz CT molecular complexity index is 546. The van der Waals surface area contributed by atoms with Crippen LogP contribution >= 0.6 is 0 Å². The van der Waals surface area contributed by atoms with E-state index in [0.717, 1.165) is 12.1 Å². The monoisotopic (exact) mass is 259 g/mol. The normalized spacial score (nSPS) is 10.4. The molecule has 5 heteroatoms. The van der Waals surface area contributed by atoms with Gasteiger partial charge in [-0.2, -0.15) is 0 Å². The number of nitrogens with two attached hydrogens (primary N) is 1. The molecule has 0 saturated carbocycles. The molecule has 0 unspecified atom stereocenters. The average molecular weight is 259 g/mol. The van der Waals surface area contributed by atoms with E-state index in [0.29, 0.717) is 18.9 Å². The van der Waals surface area contributed by atoms with E-state index in [1.807, 2.05) is 24.3 Å². The van der Waals surface area contributed by atoms with Gasteiger partial charge in [-0.1, -0.05) is 19.1 Å². The van der Waals surface area contributed by atoms with Crippen molar-refractivity contribution in [1.82, 2.24) is 4.98 Å². The van der Waals surface area contributed by atoms with Gasteiger partial charge in [-0.25, -0.2) is 4.98 Å². The summed E-state index contributed by atoms with van der Waals surface area (Å²) in [5.41, 5.74) is 7.63. The molecule has 2 aromatic rings. The highest BCUT2D eigenvalue weighted by atomic mass is 16.3. The van der Waals surface area contributed by atoms with Crippen LogP contribution in [0.5, 0.6) is 0 Å². The number of hydrogen-bond acceptors (Lipinski definition) is 4. The average Bonchev–Trinajstić information content (AvgIpc) is 2.89. The molecule has 0 aliphatic heterocycles. The fourth-order valence-corrected chi connectivity index (χ4v) is 1.67. The summed E-state index contributed by atoms with van der Waals surface area (Å²) in [6.07, 6.45) is 2.85. The largest absolute Gasteiger partial charge is 0.448 e. The van der Waals surface area contributed by atoms with Gasteiger partial charge < -0.3 is 15.5 Å². The SMILES string of the molecule is CCc1ccc(NC(=O)c2coc(CCN)n2)cc1. The number of carbonyl (C=O) groups is 1. The highest BCUT2D eigenvalue weighted by molar-refractivity contribution is 6.02. The van der Waals surface area contributed by atoms with Crippen LogP contribution in [0.25, 0.3) is 0 Å². The van der Waals surface area contributed by atoms with Gasteiger partial charge in [-0.05, 0) is 24.1 Å². The van der Waals surface area contributed by atoms with Crippen molar-refractivity contribution >= 4 is 11.6 Å². The van der Waals surface area contributed by atoms with Crippen LogP contribution in [0.2, 0.25) is 0 Å². The summed E-state index contributed by atoms with van der Waals surface area (Å²) < 4.78 is 5.15. The molecule has 1 amide bonds. The fourth-order valence-electron chi connectivity index (χ4n) is 1.67. The van der Waals surface area contributed by atoms with Gasteiger partial charge in [0.1, 0.15) is 6.26 Å². The van der Waals surface area contributed by atoms with Crippen LogP contribution in [0, 0.1) is 0 Å². The van der Waals surface area contributed by atoms with Crippen molar-refractivity contribution in [2.45, 2.75) is 19.8 Å². The Morgan fingerprint density at radius 1 is 1.37 bits per heavy atom. The predicted molar refractivity (Wildman–Crippen MR) is 73.0 cm³/mol. The summed E-state index contributed by atoms with van der Waals surface area (Å²) >= 11 is 0. The van der Waals surface area contributed by atoms with Crippen LogP contribution in [-0.2, 0) is 12.8 Å². The molecule has 100 valence electrons. The number of benzene rings is 1. The van der Waals surface area contributed by atoms with Crippen molar-refractivity contribution in [2.24, 2.45) is 5.73 Å². The molecule has 0 fully saturated rings. The molecule has 0 atom stereocenters. The number of oxazole rings is 1. The second kappa shape index (κ2) is 6.15. The third-order valence-corrected chi connectivity index (χ3v) is 2.76. The molecule has 1 aromatic heterocycles. The van der Waals surface area contributed by atoms with E-state index in [-0.39, 0.29) is 11.6 Å². The molecule has 0 spiro atoms. The zero-order valence-electron chi connectivity index (χ0n) is 10.8. The molecule has 2 rings (SSSR count). The standard InChI is InChI=1S/C14H17N3O2/c1-2-10-3-5-11(6-4-10)16-14(18)12-9-19-13(17-12)7-8-15/h3-6,9H,2,7-8,15H2,1H3,(H,16,18). The second-order valence-corrected chi connectivity index (χ2v) is 4.17. The maximum Gasteiger partial charge on any atom is 0.277 e. The molecule has 0 aliphatic carbocycles. The van der Waals surface area contributed by atoms with E-state index in [9.17, 15) is 4.79 Å². The van der Waals surface area contributed by atoms with Gasteiger partial charge in [0, 0.05) is 18.7 Å². The maximum absolute atomic E-state index is 11.9. The number of aryl methyl sites for hydroxylation is 1. The molecule has 3 N–H and O–H groups in total.